The van der Waals surface area contributed by atoms with E-state index in [-0.39, 0.29) is 12.5 Å². The largest absolute Gasteiger partial charge is 0.490 e. The van der Waals surface area contributed by atoms with Crippen LogP contribution in [-0.4, -0.2) is 63.3 Å². The second kappa shape index (κ2) is 11.3. The number of piperazine rings is 1. The Morgan fingerprint density at radius 1 is 0.931 bits per heavy atom. The van der Waals surface area contributed by atoms with Gasteiger partial charge in [0.15, 0.2) is 18.1 Å². The van der Waals surface area contributed by atoms with E-state index in [9.17, 15) is 4.79 Å². The number of carbonyl (C=O) groups excluding carboxylic acids is 1. The van der Waals surface area contributed by atoms with Gasteiger partial charge in [0.2, 0.25) is 0 Å². The molecule has 0 aliphatic carbocycles. The van der Waals surface area contributed by atoms with Crippen LogP contribution in [0.3, 0.4) is 0 Å². The van der Waals surface area contributed by atoms with Gasteiger partial charge in [0.25, 0.3) is 5.91 Å². The van der Waals surface area contributed by atoms with E-state index in [0.29, 0.717) is 24.7 Å². The van der Waals surface area contributed by atoms with Gasteiger partial charge >= 0.3 is 0 Å². The molecule has 0 radical (unpaired) electrons. The van der Waals surface area contributed by atoms with Crippen molar-refractivity contribution in [2.24, 2.45) is 0 Å². The minimum atomic E-state index is -0.106. The zero-order valence-electron chi connectivity index (χ0n) is 17.2. The van der Waals surface area contributed by atoms with Crippen molar-refractivity contribution in [2.45, 2.75) is 13.3 Å². The van der Waals surface area contributed by atoms with Gasteiger partial charge in [-0.25, -0.2) is 0 Å². The first-order valence-corrected chi connectivity index (χ1v) is 10.4. The zero-order valence-corrected chi connectivity index (χ0v) is 17.2. The summed E-state index contributed by atoms with van der Waals surface area (Å²) in [5.74, 6) is 1.16. The standard InChI is InChI=1S/C23H31N3O3/c1-2-28-21-11-6-7-12-22(21)29-19-23(27)24-13-8-14-25-15-17-26(18-16-25)20-9-4-3-5-10-20/h3-7,9-12H,2,8,13-19H2,1H3,(H,24,27). The van der Waals surface area contributed by atoms with Gasteiger partial charge in [-0.3, -0.25) is 9.69 Å². The number of benzene rings is 2. The van der Waals surface area contributed by atoms with Gasteiger partial charge in [-0.05, 0) is 44.2 Å². The van der Waals surface area contributed by atoms with Crippen LogP contribution in [0.4, 0.5) is 5.69 Å². The number of hydrogen-bond donors (Lipinski definition) is 1. The summed E-state index contributed by atoms with van der Waals surface area (Å²) in [5, 5.41) is 2.94. The van der Waals surface area contributed by atoms with Gasteiger partial charge in [0, 0.05) is 38.4 Å². The molecule has 1 aliphatic heterocycles. The van der Waals surface area contributed by atoms with Crippen molar-refractivity contribution in [1.82, 2.24) is 10.2 Å². The molecule has 1 amide bonds. The number of carbonyl (C=O) groups is 1. The SMILES string of the molecule is CCOc1ccccc1OCC(=O)NCCCN1CCN(c2ccccc2)CC1. The maximum absolute atomic E-state index is 12.0. The molecule has 6 heteroatoms. The number of nitrogens with one attached hydrogen (secondary N) is 1. The highest BCUT2D eigenvalue weighted by Gasteiger charge is 2.16. The monoisotopic (exact) mass is 397 g/mol. The van der Waals surface area contributed by atoms with E-state index in [1.165, 1.54) is 5.69 Å². The Bertz CT molecular complexity index is 746. The van der Waals surface area contributed by atoms with Crippen LogP contribution in [-0.2, 0) is 4.79 Å². The van der Waals surface area contributed by atoms with Gasteiger partial charge in [0.05, 0.1) is 6.61 Å². The summed E-state index contributed by atoms with van der Waals surface area (Å²) in [6.45, 7) is 8.34. The summed E-state index contributed by atoms with van der Waals surface area (Å²) < 4.78 is 11.1. The Morgan fingerprint density at radius 3 is 2.28 bits per heavy atom. The van der Waals surface area contributed by atoms with Crippen LogP contribution < -0.4 is 19.7 Å². The van der Waals surface area contributed by atoms with E-state index < -0.39 is 0 Å². The Labute approximate surface area is 173 Å². The average Bonchev–Trinajstić information content (AvgIpc) is 2.77. The highest BCUT2D eigenvalue weighted by atomic mass is 16.5. The summed E-state index contributed by atoms with van der Waals surface area (Å²) in [6, 6.07) is 18.0. The first-order valence-electron chi connectivity index (χ1n) is 10.4. The molecule has 1 N–H and O–H groups in total. The fourth-order valence-electron chi connectivity index (χ4n) is 3.44. The third-order valence-electron chi connectivity index (χ3n) is 4.97. The third kappa shape index (κ3) is 6.68. The molecule has 0 spiro atoms. The van der Waals surface area contributed by atoms with E-state index in [2.05, 4.69) is 45.4 Å². The predicted molar refractivity (Wildman–Crippen MR) is 116 cm³/mol. The molecule has 2 aromatic carbocycles. The van der Waals surface area contributed by atoms with E-state index in [4.69, 9.17) is 9.47 Å². The lowest BCUT2D eigenvalue weighted by atomic mass is 10.2. The Hall–Kier alpha value is -2.73. The Balaban J connectivity index is 1.29. The van der Waals surface area contributed by atoms with Crippen molar-refractivity contribution in [3.63, 3.8) is 0 Å². The first-order chi connectivity index (χ1) is 14.3. The molecule has 6 nitrogen and oxygen atoms in total. The highest BCUT2D eigenvalue weighted by molar-refractivity contribution is 5.77. The van der Waals surface area contributed by atoms with Crippen LogP contribution >= 0.6 is 0 Å². The molecule has 1 aliphatic rings. The lowest BCUT2D eigenvalue weighted by molar-refractivity contribution is -0.123. The number of hydrogen-bond acceptors (Lipinski definition) is 5. The topological polar surface area (TPSA) is 54.0 Å². The number of anilines is 1. The van der Waals surface area contributed by atoms with Gasteiger partial charge in [0.1, 0.15) is 0 Å². The minimum absolute atomic E-state index is 0.000161. The number of rotatable bonds is 10. The summed E-state index contributed by atoms with van der Waals surface area (Å²) in [7, 11) is 0. The Kier molecular flexibility index (Phi) is 8.19. The predicted octanol–water partition coefficient (Wildman–Crippen LogP) is 2.79. The van der Waals surface area contributed by atoms with E-state index >= 15 is 0 Å². The number of ether oxygens (including phenoxy) is 2. The van der Waals surface area contributed by atoms with Gasteiger partial charge < -0.3 is 19.7 Å². The molecule has 1 heterocycles. The van der Waals surface area contributed by atoms with Crippen LogP contribution in [0.15, 0.2) is 54.6 Å². The highest BCUT2D eigenvalue weighted by Crippen LogP contribution is 2.26. The van der Waals surface area contributed by atoms with Crippen molar-refractivity contribution in [2.75, 3.05) is 57.4 Å². The fourth-order valence-corrected chi connectivity index (χ4v) is 3.44. The molecular weight excluding hydrogens is 366 g/mol. The minimum Gasteiger partial charge on any atom is -0.490 e. The molecule has 3 rings (SSSR count). The van der Waals surface area contributed by atoms with E-state index in [1.807, 2.05) is 31.2 Å². The quantitative estimate of drug-likeness (QED) is 0.625. The smallest absolute Gasteiger partial charge is 0.257 e. The second-order valence-electron chi connectivity index (χ2n) is 7.04. The summed E-state index contributed by atoms with van der Waals surface area (Å²) in [6.07, 6.45) is 0.937. The van der Waals surface area contributed by atoms with Crippen molar-refractivity contribution < 1.29 is 14.3 Å². The van der Waals surface area contributed by atoms with Gasteiger partial charge in [-0.1, -0.05) is 30.3 Å². The van der Waals surface area contributed by atoms with Crippen molar-refractivity contribution in [1.29, 1.82) is 0 Å². The van der Waals surface area contributed by atoms with Crippen molar-refractivity contribution in [3.05, 3.63) is 54.6 Å². The normalized spacial score (nSPS) is 14.4. The van der Waals surface area contributed by atoms with Crippen LogP contribution in [0.5, 0.6) is 11.5 Å². The zero-order chi connectivity index (χ0) is 20.3. The average molecular weight is 398 g/mol. The molecule has 156 valence electrons. The molecule has 0 bridgehead atoms. The van der Waals surface area contributed by atoms with Crippen molar-refractivity contribution in [3.8, 4) is 11.5 Å². The van der Waals surface area contributed by atoms with Gasteiger partial charge in [-0.15, -0.1) is 0 Å². The number of para-hydroxylation sites is 3. The molecule has 0 atom stereocenters. The van der Waals surface area contributed by atoms with Gasteiger partial charge in [-0.2, -0.15) is 0 Å². The summed E-state index contributed by atoms with van der Waals surface area (Å²) in [4.78, 5) is 16.9. The molecule has 0 unspecified atom stereocenters. The molecule has 29 heavy (non-hydrogen) atoms. The van der Waals surface area contributed by atoms with E-state index in [1.54, 1.807) is 0 Å². The molecular formula is C23H31N3O3. The van der Waals surface area contributed by atoms with Crippen LogP contribution in [0.25, 0.3) is 0 Å². The molecule has 0 saturated carbocycles. The third-order valence-corrected chi connectivity index (χ3v) is 4.97. The van der Waals surface area contributed by atoms with E-state index in [0.717, 1.165) is 39.1 Å². The van der Waals surface area contributed by atoms with Crippen LogP contribution in [0.2, 0.25) is 0 Å². The maximum atomic E-state index is 12.0. The molecule has 0 aromatic heterocycles. The van der Waals surface area contributed by atoms with Crippen LogP contribution in [0.1, 0.15) is 13.3 Å². The van der Waals surface area contributed by atoms with Crippen LogP contribution in [0, 0.1) is 0 Å². The molecule has 1 fully saturated rings. The second-order valence-corrected chi connectivity index (χ2v) is 7.04. The lowest BCUT2D eigenvalue weighted by Gasteiger charge is -2.36. The van der Waals surface area contributed by atoms with Crippen molar-refractivity contribution >= 4 is 11.6 Å². The fraction of sp³-hybridized carbons (Fsp3) is 0.435. The summed E-state index contributed by atoms with van der Waals surface area (Å²) in [5.41, 5.74) is 1.30. The lowest BCUT2D eigenvalue weighted by Crippen LogP contribution is -2.47. The first kappa shape index (κ1) is 21.0. The maximum Gasteiger partial charge on any atom is 0.257 e. The summed E-state index contributed by atoms with van der Waals surface area (Å²) >= 11 is 0. The Morgan fingerprint density at radius 2 is 1.59 bits per heavy atom. The molecule has 2 aromatic rings. The number of amides is 1. The number of nitrogens with zero attached hydrogens (tertiary/aromatic N) is 2. The molecule has 1 saturated heterocycles.